The second-order valence-corrected chi connectivity index (χ2v) is 1.96. The molecule has 0 aliphatic rings. The molecule has 0 radical (unpaired) electrons. The fraction of sp³-hybridized carbons (Fsp3) is 0. The summed E-state index contributed by atoms with van der Waals surface area (Å²) in [7, 11) is 0. The Morgan fingerprint density at radius 3 is 2.55 bits per heavy atom. The topological polar surface area (TPSA) is 67.0 Å². The lowest BCUT2D eigenvalue weighted by Crippen LogP contribution is -1.92. The third-order valence-corrected chi connectivity index (χ3v) is 1.29. The highest BCUT2D eigenvalue weighted by Crippen LogP contribution is 2.14. The molecule has 1 rings (SSSR count). The van der Waals surface area contributed by atoms with Gasteiger partial charge in [0.25, 0.3) is 5.69 Å². The number of nitro groups is 1. The summed E-state index contributed by atoms with van der Waals surface area (Å²) in [6, 6.07) is 6.14. The van der Waals surface area contributed by atoms with Crippen LogP contribution in [-0.2, 0) is 0 Å². The van der Waals surface area contributed by atoms with Crippen molar-refractivity contribution in [2.75, 3.05) is 0 Å². The van der Waals surface area contributed by atoms with E-state index in [2.05, 4.69) is 0 Å². The first-order chi connectivity index (χ1) is 5.25. The normalized spacial score (nSPS) is 9.09. The van der Waals surface area contributed by atoms with Crippen LogP contribution in [0.15, 0.2) is 24.3 Å². The van der Waals surface area contributed by atoms with Crippen molar-refractivity contribution in [3.8, 4) is 0 Å². The molecule has 1 N–H and O–H groups in total. The van der Waals surface area contributed by atoms with E-state index >= 15 is 0 Å². The highest BCUT2D eigenvalue weighted by atomic mass is 16.6. The van der Waals surface area contributed by atoms with Gasteiger partial charge in [-0.2, -0.15) is 0 Å². The molecule has 1 aromatic rings. The quantitative estimate of drug-likeness (QED) is 0.395. The Morgan fingerprint density at radius 2 is 2.09 bits per heavy atom. The van der Waals surface area contributed by atoms with Gasteiger partial charge in [-0.05, 0) is 6.07 Å². The van der Waals surface area contributed by atoms with Crippen molar-refractivity contribution in [1.29, 1.82) is 5.41 Å². The number of benzene rings is 1. The summed E-state index contributed by atoms with van der Waals surface area (Å²) >= 11 is 0. The molecule has 0 bridgehead atoms. The predicted octanol–water partition coefficient (Wildman–Crippen LogP) is 1.59. The number of nitrogens with one attached hydrogen (secondary N) is 1. The zero-order valence-electron chi connectivity index (χ0n) is 5.65. The Kier molecular flexibility index (Phi) is 1.96. The van der Waals surface area contributed by atoms with Gasteiger partial charge in [0, 0.05) is 12.3 Å². The van der Waals surface area contributed by atoms with E-state index in [9.17, 15) is 10.1 Å². The number of nitrogens with zero attached hydrogens (tertiary/aromatic N) is 1. The van der Waals surface area contributed by atoms with Crippen molar-refractivity contribution in [2.45, 2.75) is 0 Å². The third-order valence-electron chi connectivity index (χ3n) is 1.29. The fourth-order valence-corrected chi connectivity index (χ4v) is 0.776. The van der Waals surface area contributed by atoms with Crippen molar-refractivity contribution in [3.05, 3.63) is 39.9 Å². The molecule has 0 saturated carbocycles. The lowest BCUT2D eigenvalue weighted by molar-refractivity contribution is -0.385. The largest absolute Gasteiger partial charge is 0.308 e. The van der Waals surface area contributed by atoms with Gasteiger partial charge in [0.05, 0.1) is 10.5 Å². The van der Waals surface area contributed by atoms with Crippen LogP contribution < -0.4 is 0 Å². The Labute approximate surface area is 63.1 Å². The van der Waals surface area contributed by atoms with Gasteiger partial charge in [0.2, 0.25) is 0 Å². The van der Waals surface area contributed by atoms with Crippen molar-refractivity contribution in [1.82, 2.24) is 0 Å². The molecular weight excluding hydrogens is 144 g/mol. The summed E-state index contributed by atoms with van der Waals surface area (Å²) in [5.41, 5.74) is 0.306. The molecule has 0 spiro atoms. The van der Waals surface area contributed by atoms with Crippen LogP contribution in [0.25, 0.3) is 0 Å². The molecule has 0 aliphatic carbocycles. The summed E-state index contributed by atoms with van der Waals surface area (Å²) in [4.78, 5) is 9.78. The van der Waals surface area contributed by atoms with Crippen LogP contribution in [0.3, 0.4) is 0 Å². The third kappa shape index (κ3) is 1.40. The lowest BCUT2D eigenvalue weighted by atomic mass is 10.2. The van der Waals surface area contributed by atoms with E-state index < -0.39 is 4.92 Å². The Balaban J connectivity index is 3.22. The molecule has 0 aliphatic heterocycles. The number of hydrogen-bond acceptors (Lipinski definition) is 3. The van der Waals surface area contributed by atoms with E-state index in [1.807, 2.05) is 0 Å². The Bertz CT molecular complexity index is 296. The summed E-state index contributed by atoms with van der Waals surface area (Å²) in [6.45, 7) is 0. The zero-order valence-corrected chi connectivity index (χ0v) is 5.65. The molecule has 0 aromatic heterocycles. The predicted molar refractivity (Wildman–Crippen MR) is 41.0 cm³/mol. The van der Waals surface area contributed by atoms with Crippen LogP contribution >= 0.6 is 0 Å². The number of nitro benzene ring substituents is 1. The van der Waals surface area contributed by atoms with Crippen LogP contribution in [0.2, 0.25) is 0 Å². The number of rotatable bonds is 2. The van der Waals surface area contributed by atoms with E-state index in [-0.39, 0.29) is 5.69 Å². The van der Waals surface area contributed by atoms with Crippen molar-refractivity contribution >= 4 is 11.9 Å². The van der Waals surface area contributed by atoms with E-state index in [1.54, 1.807) is 12.1 Å². The summed E-state index contributed by atoms with van der Waals surface area (Å²) < 4.78 is 0. The number of para-hydroxylation sites is 1. The van der Waals surface area contributed by atoms with Gasteiger partial charge in [-0.25, -0.2) is 0 Å². The first kappa shape index (κ1) is 7.40. The van der Waals surface area contributed by atoms with Crippen molar-refractivity contribution in [3.63, 3.8) is 0 Å². The SMILES string of the molecule is N=Cc1ccccc1[N+](=O)[O-]. The van der Waals surface area contributed by atoms with Crippen LogP contribution in [0.4, 0.5) is 5.69 Å². The molecule has 0 unspecified atom stereocenters. The summed E-state index contributed by atoms with van der Waals surface area (Å²) in [6.07, 6.45) is 0.970. The minimum absolute atomic E-state index is 0.0255. The van der Waals surface area contributed by atoms with Gasteiger partial charge in [-0.15, -0.1) is 0 Å². The summed E-state index contributed by atoms with van der Waals surface area (Å²) in [5, 5.41) is 17.1. The first-order valence-corrected chi connectivity index (χ1v) is 2.99. The molecule has 0 saturated heterocycles. The maximum Gasteiger partial charge on any atom is 0.278 e. The molecule has 1 aromatic carbocycles. The Hall–Kier alpha value is -1.71. The maximum atomic E-state index is 10.3. The van der Waals surface area contributed by atoms with Crippen LogP contribution in [0, 0.1) is 15.5 Å². The first-order valence-electron chi connectivity index (χ1n) is 2.99. The monoisotopic (exact) mass is 150 g/mol. The van der Waals surface area contributed by atoms with Gasteiger partial charge in [0.1, 0.15) is 0 Å². The second-order valence-electron chi connectivity index (χ2n) is 1.96. The molecule has 0 heterocycles. The molecule has 11 heavy (non-hydrogen) atoms. The molecule has 0 atom stereocenters. The van der Waals surface area contributed by atoms with E-state index in [0.29, 0.717) is 5.56 Å². The van der Waals surface area contributed by atoms with Crippen molar-refractivity contribution < 1.29 is 4.92 Å². The standard InChI is InChI=1S/C7H6N2O2/c8-5-6-3-1-2-4-7(6)9(10)11/h1-5,8H. The van der Waals surface area contributed by atoms with E-state index in [4.69, 9.17) is 5.41 Å². The van der Waals surface area contributed by atoms with Gasteiger partial charge in [0.15, 0.2) is 0 Å². The average Bonchev–Trinajstić information content (AvgIpc) is 2.04. The highest BCUT2D eigenvalue weighted by Gasteiger charge is 2.08. The molecular formula is C7H6N2O2. The Morgan fingerprint density at radius 1 is 1.45 bits per heavy atom. The molecule has 0 amide bonds. The highest BCUT2D eigenvalue weighted by molar-refractivity contribution is 5.82. The zero-order chi connectivity index (χ0) is 8.27. The molecule has 4 heteroatoms. The molecule has 0 fully saturated rings. The van der Waals surface area contributed by atoms with Gasteiger partial charge in [-0.3, -0.25) is 10.1 Å². The minimum Gasteiger partial charge on any atom is -0.308 e. The smallest absolute Gasteiger partial charge is 0.278 e. The van der Waals surface area contributed by atoms with Gasteiger partial charge >= 0.3 is 0 Å². The second kappa shape index (κ2) is 2.92. The average molecular weight is 150 g/mol. The van der Waals surface area contributed by atoms with Crippen molar-refractivity contribution in [2.24, 2.45) is 0 Å². The van der Waals surface area contributed by atoms with Gasteiger partial charge in [-0.1, -0.05) is 12.1 Å². The summed E-state index contributed by atoms with van der Waals surface area (Å²) in [5.74, 6) is 0. The fourth-order valence-electron chi connectivity index (χ4n) is 0.776. The molecule has 4 nitrogen and oxygen atoms in total. The lowest BCUT2D eigenvalue weighted by Gasteiger charge is -1.93. The molecule has 56 valence electrons. The maximum absolute atomic E-state index is 10.3. The minimum atomic E-state index is -0.500. The number of hydrogen-bond donors (Lipinski definition) is 1. The van der Waals surface area contributed by atoms with E-state index in [0.717, 1.165) is 6.21 Å². The van der Waals surface area contributed by atoms with Crippen LogP contribution in [0.1, 0.15) is 5.56 Å². The van der Waals surface area contributed by atoms with Crippen LogP contribution in [-0.4, -0.2) is 11.1 Å². The van der Waals surface area contributed by atoms with E-state index in [1.165, 1.54) is 12.1 Å². The van der Waals surface area contributed by atoms with Gasteiger partial charge < -0.3 is 5.41 Å². The van der Waals surface area contributed by atoms with Crippen LogP contribution in [0.5, 0.6) is 0 Å².